The minimum Gasteiger partial charge on any atom is -0.459 e. The number of esters is 2. The van der Waals surface area contributed by atoms with E-state index in [4.69, 9.17) is 9.47 Å². The van der Waals surface area contributed by atoms with Gasteiger partial charge in [-0.3, -0.25) is 0 Å². The third kappa shape index (κ3) is 10.1. The van der Waals surface area contributed by atoms with Crippen molar-refractivity contribution in [1.82, 2.24) is 0 Å². The SMILES string of the molecule is CCCCCC=CC(C)C(CCC)C(CC(C)OC(=O)c1ccccc1)OC(=O)c1ccccc1. The van der Waals surface area contributed by atoms with Crippen LogP contribution in [0.1, 0.15) is 93.4 Å². The van der Waals surface area contributed by atoms with Gasteiger partial charge in [0.25, 0.3) is 0 Å². The second-order valence-corrected chi connectivity index (χ2v) is 9.36. The topological polar surface area (TPSA) is 52.6 Å². The van der Waals surface area contributed by atoms with E-state index in [1.165, 1.54) is 19.3 Å². The molecule has 4 heteroatoms. The Morgan fingerprint density at radius 1 is 0.800 bits per heavy atom. The molecule has 0 aliphatic carbocycles. The van der Waals surface area contributed by atoms with E-state index < -0.39 is 6.10 Å². The van der Waals surface area contributed by atoms with Crippen LogP contribution in [0.3, 0.4) is 0 Å². The summed E-state index contributed by atoms with van der Waals surface area (Å²) in [6.07, 6.45) is 10.8. The molecule has 0 amide bonds. The molecule has 190 valence electrons. The predicted molar refractivity (Wildman–Crippen MR) is 142 cm³/mol. The number of ether oxygens (including phenoxy) is 2. The van der Waals surface area contributed by atoms with E-state index in [9.17, 15) is 9.59 Å². The number of benzene rings is 2. The average Bonchev–Trinajstić information content (AvgIpc) is 2.87. The summed E-state index contributed by atoms with van der Waals surface area (Å²) in [6.45, 7) is 8.43. The molecule has 0 spiro atoms. The molecule has 35 heavy (non-hydrogen) atoms. The van der Waals surface area contributed by atoms with Crippen molar-refractivity contribution < 1.29 is 19.1 Å². The Kier molecular flexibility index (Phi) is 12.9. The minimum absolute atomic E-state index is 0.132. The lowest BCUT2D eigenvalue weighted by Crippen LogP contribution is -2.34. The molecule has 4 atom stereocenters. The van der Waals surface area contributed by atoms with E-state index >= 15 is 0 Å². The molecule has 2 aromatic rings. The summed E-state index contributed by atoms with van der Waals surface area (Å²) in [7, 11) is 0. The molecule has 0 aliphatic rings. The number of unbranched alkanes of at least 4 members (excludes halogenated alkanes) is 3. The molecule has 0 aliphatic heterocycles. The van der Waals surface area contributed by atoms with Crippen molar-refractivity contribution in [3.05, 3.63) is 83.9 Å². The second kappa shape index (κ2) is 15.9. The standard InChI is InChI=1S/C31H42O4/c1-5-7-8-9-12-18-24(3)28(17-6-2)29(35-31(33)27-21-15-11-16-22-27)23-25(4)34-30(32)26-19-13-10-14-20-26/h10-16,18-22,24-25,28-29H,5-9,17,23H2,1-4H3. The van der Waals surface area contributed by atoms with Crippen molar-refractivity contribution >= 4 is 11.9 Å². The normalized spacial score (nSPS) is 14.7. The van der Waals surface area contributed by atoms with Crippen LogP contribution in [0.4, 0.5) is 0 Å². The lowest BCUT2D eigenvalue weighted by molar-refractivity contribution is -0.0191. The number of rotatable bonds is 15. The predicted octanol–water partition coefficient (Wildman–Crippen LogP) is 8.04. The zero-order valence-corrected chi connectivity index (χ0v) is 21.8. The maximum atomic E-state index is 13.0. The molecule has 0 aromatic heterocycles. The molecule has 0 heterocycles. The fourth-order valence-corrected chi connectivity index (χ4v) is 4.38. The van der Waals surface area contributed by atoms with Gasteiger partial charge in [0.1, 0.15) is 12.2 Å². The third-order valence-electron chi connectivity index (χ3n) is 6.34. The molecular formula is C31H42O4. The number of carbonyl (C=O) groups is 2. The summed E-state index contributed by atoms with van der Waals surface area (Å²) in [5.74, 6) is -0.324. The number of carbonyl (C=O) groups excluding carboxylic acids is 2. The zero-order chi connectivity index (χ0) is 25.5. The summed E-state index contributed by atoms with van der Waals surface area (Å²) in [6, 6.07) is 18.1. The lowest BCUT2D eigenvalue weighted by atomic mass is 9.82. The molecule has 0 saturated carbocycles. The molecule has 0 fully saturated rings. The first kappa shape index (κ1) is 28.4. The summed E-state index contributed by atoms with van der Waals surface area (Å²) in [5, 5.41) is 0. The molecule has 0 bridgehead atoms. The Balaban J connectivity index is 2.17. The van der Waals surface area contributed by atoms with Gasteiger partial charge in [0.05, 0.1) is 11.1 Å². The Morgan fingerprint density at radius 3 is 1.91 bits per heavy atom. The summed E-state index contributed by atoms with van der Waals surface area (Å²) < 4.78 is 11.9. The van der Waals surface area contributed by atoms with Gasteiger partial charge in [-0.1, -0.05) is 88.6 Å². The van der Waals surface area contributed by atoms with Crippen molar-refractivity contribution in [2.75, 3.05) is 0 Å². The van der Waals surface area contributed by atoms with Crippen LogP contribution < -0.4 is 0 Å². The van der Waals surface area contributed by atoms with Crippen molar-refractivity contribution in [3.63, 3.8) is 0 Å². The monoisotopic (exact) mass is 478 g/mol. The van der Waals surface area contributed by atoms with Crippen LogP contribution in [-0.2, 0) is 9.47 Å². The molecular weight excluding hydrogens is 436 g/mol. The molecule has 0 radical (unpaired) electrons. The highest BCUT2D eigenvalue weighted by molar-refractivity contribution is 5.90. The van der Waals surface area contributed by atoms with Gasteiger partial charge >= 0.3 is 11.9 Å². The Bertz CT molecular complexity index is 891. The van der Waals surface area contributed by atoms with Gasteiger partial charge in [-0.05, 0) is 56.4 Å². The van der Waals surface area contributed by atoms with Gasteiger partial charge in [-0.2, -0.15) is 0 Å². The van der Waals surface area contributed by atoms with Crippen LogP contribution >= 0.6 is 0 Å². The van der Waals surface area contributed by atoms with Crippen LogP contribution in [0.5, 0.6) is 0 Å². The highest BCUT2D eigenvalue weighted by atomic mass is 16.6. The first-order valence-corrected chi connectivity index (χ1v) is 13.1. The van der Waals surface area contributed by atoms with E-state index in [0.29, 0.717) is 17.5 Å². The van der Waals surface area contributed by atoms with E-state index in [-0.39, 0.29) is 29.9 Å². The smallest absolute Gasteiger partial charge is 0.338 e. The average molecular weight is 479 g/mol. The van der Waals surface area contributed by atoms with Crippen LogP contribution in [0, 0.1) is 11.8 Å². The van der Waals surface area contributed by atoms with Gasteiger partial charge in [0.2, 0.25) is 0 Å². The highest BCUT2D eigenvalue weighted by Gasteiger charge is 2.31. The molecule has 0 N–H and O–H groups in total. The van der Waals surface area contributed by atoms with Crippen LogP contribution in [0.25, 0.3) is 0 Å². The van der Waals surface area contributed by atoms with Crippen LogP contribution in [0.2, 0.25) is 0 Å². The number of hydrogen-bond acceptors (Lipinski definition) is 4. The first-order valence-electron chi connectivity index (χ1n) is 13.1. The quantitative estimate of drug-likeness (QED) is 0.148. The van der Waals surface area contributed by atoms with Gasteiger partial charge < -0.3 is 9.47 Å². The van der Waals surface area contributed by atoms with Gasteiger partial charge in [-0.25, -0.2) is 9.59 Å². The van der Waals surface area contributed by atoms with Crippen LogP contribution in [-0.4, -0.2) is 24.1 Å². The lowest BCUT2D eigenvalue weighted by Gasteiger charge is -2.32. The minimum atomic E-state index is -0.392. The van der Waals surface area contributed by atoms with Crippen molar-refractivity contribution in [2.24, 2.45) is 11.8 Å². The maximum Gasteiger partial charge on any atom is 0.338 e. The van der Waals surface area contributed by atoms with Crippen molar-refractivity contribution in [3.8, 4) is 0 Å². The van der Waals surface area contributed by atoms with E-state index in [2.05, 4.69) is 32.9 Å². The fraction of sp³-hybridized carbons (Fsp3) is 0.484. The van der Waals surface area contributed by atoms with E-state index in [1.807, 2.05) is 43.3 Å². The molecule has 4 nitrogen and oxygen atoms in total. The summed E-state index contributed by atoms with van der Waals surface area (Å²) in [5.41, 5.74) is 1.05. The highest BCUT2D eigenvalue weighted by Crippen LogP contribution is 2.29. The van der Waals surface area contributed by atoms with Crippen LogP contribution in [0.15, 0.2) is 72.8 Å². The Hall–Kier alpha value is -2.88. The Labute approximate surface area is 211 Å². The van der Waals surface area contributed by atoms with Gasteiger partial charge in [-0.15, -0.1) is 0 Å². The van der Waals surface area contributed by atoms with E-state index in [0.717, 1.165) is 19.3 Å². The Morgan fingerprint density at radius 2 is 1.37 bits per heavy atom. The molecule has 4 unspecified atom stereocenters. The van der Waals surface area contributed by atoms with Crippen molar-refractivity contribution in [1.29, 1.82) is 0 Å². The third-order valence-corrected chi connectivity index (χ3v) is 6.34. The van der Waals surface area contributed by atoms with Crippen molar-refractivity contribution in [2.45, 2.75) is 84.8 Å². The molecule has 2 rings (SSSR count). The second-order valence-electron chi connectivity index (χ2n) is 9.36. The first-order chi connectivity index (χ1) is 17.0. The van der Waals surface area contributed by atoms with Gasteiger partial charge in [0.15, 0.2) is 0 Å². The molecule has 2 aromatic carbocycles. The number of hydrogen-bond donors (Lipinski definition) is 0. The van der Waals surface area contributed by atoms with Gasteiger partial charge in [0, 0.05) is 12.3 Å². The van der Waals surface area contributed by atoms with E-state index in [1.54, 1.807) is 24.3 Å². The largest absolute Gasteiger partial charge is 0.459 e. The maximum absolute atomic E-state index is 13.0. The summed E-state index contributed by atoms with van der Waals surface area (Å²) >= 11 is 0. The fourth-order valence-electron chi connectivity index (χ4n) is 4.38. The summed E-state index contributed by atoms with van der Waals surface area (Å²) in [4.78, 5) is 25.6. The molecule has 0 saturated heterocycles. The zero-order valence-electron chi connectivity index (χ0n) is 21.8. The number of allylic oxidation sites excluding steroid dienone is 2.